The quantitative estimate of drug-likeness (QED) is 0.423. The molecule has 0 aliphatic rings. The van der Waals surface area contributed by atoms with Crippen LogP contribution in [0.4, 0.5) is 0 Å². The van der Waals surface area contributed by atoms with Crippen molar-refractivity contribution in [3.63, 3.8) is 0 Å². The number of nitrogens with zero attached hydrogens (tertiary/aromatic N) is 5. The summed E-state index contributed by atoms with van der Waals surface area (Å²) in [5, 5.41) is 9.04. The van der Waals surface area contributed by atoms with Gasteiger partial charge in [-0.1, -0.05) is 0 Å². The van der Waals surface area contributed by atoms with E-state index < -0.39 is 7.60 Å². The summed E-state index contributed by atoms with van der Waals surface area (Å²) >= 11 is 0. The van der Waals surface area contributed by atoms with Crippen molar-refractivity contribution in [2.45, 2.75) is 26.8 Å². The first-order chi connectivity index (χ1) is 13.0. The van der Waals surface area contributed by atoms with Gasteiger partial charge in [0.25, 0.3) is 5.56 Å². The van der Waals surface area contributed by atoms with Crippen LogP contribution >= 0.6 is 7.60 Å². The van der Waals surface area contributed by atoms with Gasteiger partial charge in [-0.2, -0.15) is 5.26 Å². The molecule has 2 heterocycles. The van der Waals surface area contributed by atoms with Gasteiger partial charge in [-0.15, -0.1) is 0 Å². The molecule has 0 spiro atoms. The molecule has 0 unspecified atom stereocenters. The lowest BCUT2D eigenvalue weighted by atomic mass is 10.3. The van der Waals surface area contributed by atoms with Gasteiger partial charge in [0.2, 0.25) is 0 Å². The van der Waals surface area contributed by atoms with Crippen LogP contribution in [-0.2, 0) is 20.2 Å². The van der Waals surface area contributed by atoms with Gasteiger partial charge in [-0.25, -0.2) is 9.97 Å². The zero-order valence-corrected chi connectivity index (χ0v) is 16.5. The molecule has 0 saturated carbocycles. The highest BCUT2D eigenvalue weighted by Gasteiger charge is 2.24. The fourth-order valence-electron chi connectivity index (χ4n) is 2.71. The second-order valence-electron chi connectivity index (χ2n) is 5.80. The van der Waals surface area contributed by atoms with E-state index in [-0.39, 0.29) is 18.3 Å². The third-order valence-electron chi connectivity index (χ3n) is 3.92. The van der Waals surface area contributed by atoms with Gasteiger partial charge in [0, 0.05) is 19.6 Å². The topological polar surface area (TPSA) is 126 Å². The van der Waals surface area contributed by atoms with Gasteiger partial charge in [0.05, 0.1) is 44.6 Å². The Balaban J connectivity index is 1.92. The van der Waals surface area contributed by atoms with Crippen LogP contribution in [0.3, 0.4) is 0 Å². The molecule has 0 aliphatic carbocycles. The molecule has 1 N–H and O–H groups in total. The van der Waals surface area contributed by atoms with E-state index in [2.05, 4.69) is 21.0 Å². The first-order valence-corrected chi connectivity index (χ1v) is 10.6. The summed E-state index contributed by atoms with van der Waals surface area (Å²) in [4.78, 5) is 24.3. The smallest absolute Gasteiger partial charge is 0.315 e. The molecule has 0 radical (unpaired) electrons. The van der Waals surface area contributed by atoms with E-state index >= 15 is 0 Å². The van der Waals surface area contributed by atoms with Crippen molar-refractivity contribution >= 4 is 18.8 Å². The third kappa shape index (κ3) is 5.97. The Kier molecular flexibility index (Phi) is 8.13. The number of rotatable bonds is 12. The second kappa shape index (κ2) is 10.3. The summed E-state index contributed by atoms with van der Waals surface area (Å²) in [6.07, 6.45) is 3.89. The van der Waals surface area contributed by atoms with Crippen molar-refractivity contribution in [3.8, 4) is 6.07 Å². The number of hydrogen-bond acceptors (Lipinski definition) is 8. The number of H-pyrrole nitrogens is 1. The number of nitrogens with one attached hydrogen (secondary N) is 1. The number of aromatic nitrogens is 4. The maximum absolute atomic E-state index is 12.6. The van der Waals surface area contributed by atoms with Crippen LogP contribution in [0, 0.1) is 11.3 Å². The highest BCUT2D eigenvalue weighted by molar-refractivity contribution is 7.53. The lowest BCUT2D eigenvalue weighted by Crippen LogP contribution is -2.29. The Morgan fingerprint density at radius 2 is 2.04 bits per heavy atom. The van der Waals surface area contributed by atoms with E-state index in [1.165, 1.54) is 6.33 Å². The molecule has 0 atom stereocenters. The summed E-state index contributed by atoms with van der Waals surface area (Å²) in [6.45, 7) is 6.05. The highest BCUT2D eigenvalue weighted by atomic mass is 31.2. The minimum atomic E-state index is -3.13. The van der Waals surface area contributed by atoms with E-state index in [0.717, 1.165) is 6.42 Å². The molecule has 0 aromatic carbocycles. The number of fused-ring (bicyclic) bond motifs is 1. The Morgan fingerprint density at radius 1 is 1.30 bits per heavy atom. The molecule has 0 bridgehead atoms. The van der Waals surface area contributed by atoms with Crippen LogP contribution in [-0.4, -0.2) is 63.4 Å². The zero-order chi connectivity index (χ0) is 19.7. The average Bonchev–Trinajstić information content (AvgIpc) is 3.05. The molecule has 0 fully saturated rings. The van der Waals surface area contributed by atoms with Gasteiger partial charge < -0.3 is 18.6 Å². The first kappa shape index (κ1) is 21.3. The Labute approximate surface area is 157 Å². The maximum Gasteiger partial charge on any atom is 0.331 e. The fourth-order valence-corrected chi connectivity index (χ4v) is 4.36. The molecule has 2 aromatic rings. The first-order valence-electron chi connectivity index (χ1n) is 8.89. The molecule has 0 saturated heterocycles. The Bertz CT molecular complexity index is 864. The molecule has 10 nitrogen and oxygen atoms in total. The van der Waals surface area contributed by atoms with Crippen LogP contribution in [0.5, 0.6) is 0 Å². The van der Waals surface area contributed by atoms with Crippen molar-refractivity contribution in [1.29, 1.82) is 5.26 Å². The normalized spacial score (nSPS) is 11.9. The van der Waals surface area contributed by atoms with Gasteiger partial charge in [-0.05, 0) is 20.3 Å². The van der Waals surface area contributed by atoms with Crippen molar-refractivity contribution in [1.82, 2.24) is 24.4 Å². The summed E-state index contributed by atoms with van der Waals surface area (Å²) in [6, 6.07) is 2.13. The molecule has 2 rings (SSSR count). The van der Waals surface area contributed by atoms with Gasteiger partial charge >= 0.3 is 7.60 Å². The van der Waals surface area contributed by atoms with Crippen LogP contribution in [0.15, 0.2) is 17.4 Å². The van der Waals surface area contributed by atoms with E-state index in [0.29, 0.717) is 44.0 Å². The van der Waals surface area contributed by atoms with Crippen molar-refractivity contribution in [2.75, 3.05) is 39.0 Å². The van der Waals surface area contributed by atoms with E-state index in [9.17, 15) is 9.36 Å². The molecule has 0 aliphatic heterocycles. The molecule has 0 amide bonds. The third-order valence-corrected chi connectivity index (χ3v) is 5.97. The number of aryl methyl sites for hydroxylation is 1. The fraction of sp³-hybridized carbons (Fsp3) is 0.625. The second-order valence-corrected chi connectivity index (χ2v) is 7.99. The van der Waals surface area contributed by atoms with E-state index in [1.807, 2.05) is 4.90 Å². The van der Waals surface area contributed by atoms with Gasteiger partial charge in [-0.3, -0.25) is 14.3 Å². The monoisotopic (exact) mass is 396 g/mol. The predicted octanol–water partition coefficient (Wildman–Crippen LogP) is 1.60. The molecule has 27 heavy (non-hydrogen) atoms. The van der Waals surface area contributed by atoms with Crippen molar-refractivity contribution < 1.29 is 13.6 Å². The molecule has 11 heteroatoms. The molecular formula is C16H25N6O4P. The van der Waals surface area contributed by atoms with E-state index in [1.54, 1.807) is 24.7 Å². The average molecular weight is 396 g/mol. The van der Waals surface area contributed by atoms with Crippen molar-refractivity contribution in [3.05, 3.63) is 23.0 Å². The van der Waals surface area contributed by atoms with Crippen LogP contribution in [0.2, 0.25) is 0 Å². The largest absolute Gasteiger partial charge is 0.331 e. The minimum Gasteiger partial charge on any atom is -0.315 e. The Morgan fingerprint density at radius 3 is 2.70 bits per heavy atom. The molecule has 2 aromatic heterocycles. The lowest BCUT2D eigenvalue weighted by Gasteiger charge is -2.22. The van der Waals surface area contributed by atoms with Crippen LogP contribution < -0.4 is 5.56 Å². The maximum atomic E-state index is 12.6. The van der Waals surface area contributed by atoms with Crippen LogP contribution in [0.25, 0.3) is 11.2 Å². The molecule has 148 valence electrons. The summed E-state index contributed by atoms with van der Waals surface area (Å²) in [5.41, 5.74) is 0.566. The number of hydrogen-bond donors (Lipinski definition) is 1. The van der Waals surface area contributed by atoms with Crippen LogP contribution in [0.1, 0.15) is 20.3 Å². The van der Waals surface area contributed by atoms with Gasteiger partial charge in [0.1, 0.15) is 0 Å². The standard InChI is InChI=1S/C16H25N6O4P/c1-3-25-27(24,26-4-2)11-10-21(9-6-17)7-5-8-22-13-20-14-15(22)18-12-19-16(14)23/h12-13H,3-5,7-11H2,1-2H3,(H,18,19,23). The predicted molar refractivity (Wildman–Crippen MR) is 101 cm³/mol. The zero-order valence-electron chi connectivity index (χ0n) is 15.6. The van der Waals surface area contributed by atoms with E-state index in [4.69, 9.17) is 14.3 Å². The number of aromatic amines is 1. The SMILES string of the molecule is CCOP(=O)(CCN(CC#N)CCCn1cnc2c(=O)[nH]cnc21)OCC. The summed E-state index contributed by atoms with van der Waals surface area (Å²) in [7, 11) is -3.13. The van der Waals surface area contributed by atoms with Crippen molar-refractivity contribution in [2.24, 2.45) is 0 Å². The summed E-state index contributed by atoms with van der Waals surface area (Å²) in [5.74, 6) is 0. The lowest BCUT2D eigenvalue weighted by molar-refractivity contribution is 0.213. The highest BCUT2D eigenvalue weighted by Crippen LogP contribution is 2.47. The minimum absolute atomic E-state index is 0.223. The number of imidazole rings is 1. The Hall–Kier alpha value is -2.05. The van der Waals surface area contributed by atoms with Gasteiger partial charge in [0.15, 0.2) is 11.2 Å². The number of nitriles is 1. The molecular weight excluding hydrogens is 371 g/mol. The summed E-state index contributed by atoms with van der Waals surface area (Å²) < 4.78 is 24.9.